The summed E-state index contributed by atoms with van der Waals surface area (Å²) in [6.07, 6.45) is 14.5. The van der Waals surface area contributed by atoms with Gasteiger partial charge >= 0.3 is 12.0 Å². The molecule has 1 saturated heterocycles. The number of imide groups is 1. The van der Waals surface area contributed by atoms with Crippen molar-refractivity contribution in [1.29, 1.82) is 0 Å². The number of nitrogens with zero attached hydrogens (tertiary/aromatic N) is 6. The first-order valence-electron chi connectivity index (χ1n) is 22.2. The molecule has 15 nitrogen and oxygen atoms in total. The maximum Gasteiger partial charge on any atom is 0.332 e. The molecule has 7 rings (SSSR count). The van der Waals surface area contributed by atoms with E-state index in [0.29, 0.717) is 24.8 Å². The number of hydrogen-bond acceptors (Lipinski definition) is 9. The zero-order chi connectivity index (χ0) is 47.9. The highest BCUT2D eigenvalue weighted by molar-refractivity contribution is 6.40. The molecule has 0 bridgehead atoms. The predicted molar refractivity (Wildman–Crippen MR) is 273 cm³/mol. The van der Waals surface area contributed by atoms with Crippen molar-refractivity contribution in [1.82, 2.24) is 10.2 Å². The zero-order valence-electron chi connectivity index (χ0n) is 38.1. The van der Waals surface area contributed by atoms with Crippen molar-refractivity contribution in [3.05, 3.63) is 144 Å². The van der Waals surface area contributed by atoms with Gasteiger partial charge in [0.05, 0.1) is 11.9 Å². The Morgan fingerprint density at radius 3 is 1.60 bits per heavy atom. The minimum absolute atomic E-state index is 0. The number of carbonyl (C=O) groups is 3. The summed E-state index contributed by atoms with van der Waals surface area (Å²) in [4.78, 5) is 52.2. The zero-order valence-corrected chi connectivity index (χ0v) is 40.5. The van der Waals surface area contributed by atoms with Gasteiger partial charge in [0.15, 0.2) is 6.04 Å². The van der Waals surface area contributed by atoms with Crippen molar-refractivity contribution in [2.75, 3.05) is 25.0 Å². The summed E-state index contributed by atoms with van der Waals surface area (Å²) in [6.45, 7) is 3.27. The maximum absolute atomic E-state index is 13.0. The van der Waals surface area contributed by atoms with Gasteiger partial charge in [-0.25, -0.2) is 14.4 Å². The third kappa shape index (κ3) is 19.9. The topological polar surface area (TPSA) is 233 Å². The SMILES string of the molecule is C.CCOC(=O)C(Cc1ccccc1)N=C=O.Cl.ClCCl.N/N=N/N=N/N.NCC1(c2ccccc2)CCCCC1.O=C1NC(Cc2ccccc2)C(=O)N1CC1(c2ccccc2)CCCCC1. The molecule has 0 aromatic heterocycles. The van der Waals surface area contributed by atoms with Crippen molar-refractivity contribution < 1.29 is 23.9 Å². The summed E-state index contributed by atoms with van der Waals surface area (Å²) in [5, 5.41) is 14.2. The van der Waals surface area contributed by atoms with Crippen LogP contribution in [0.1, 0.15) is 101 Å². The van der Waals surface area contributed by atoms with Gasteiger partial charge in [-0.3, -0.25) is 9.69 Å². The number of isocyanates is 1. The maximum atomic E-state index is 13.0. The molecule has 3 aliphatic rings. The van der Waals surface area contributed by atoms with Crippen LogP contribution < -0.4 is 22.7 Å². The van der Waals surface area contributed by atoms with Gasteiger partial charge in [-0.1, -0.05) is 178 Å². The number of hydrogen-bond donors (Lipinski definition) is 4. The number of carbonyl (C=O) groups excluding carboxylic acids is 4. The first-order valence-corrected chi connectivity index (χ1v) is 23.3. The Morgan fingerprint density at radius 2 is 1.18 bits per heavy atom. The summed E-state index contributed by atoms with van der Waals surface area (Å²) in [6, 6.07) is 38.9. The fourth-order valence-electron chi connectivity index (χ4n) is 8.57. The number of alkyl halides is 2. The van der Waals surface area contributed by atoms with E-state index >= 15 is 0 Å². The second kappa shape index (κ2) is 34.6. The standard InChI is InChI=1S/C23H26N2O2.C13H19N.C12H13NO3.CH2Cl2.CH4.ClH.H4N6/c26-21-20(16-18-10-4-1-5-11-18)24-22(27)25(21)17-23(14-8-3-9-15-23)19-12-6-2-7-13-19;14-11-13(9-5-2-6-10-13)12-7-3-1-4-8-12;1-2-16-12(15)11(13-9-14)8-10-6-4-3-5-7-10;2-1-3;;;1-3-5-6-4-2/h1-2,4-7,10-13,20H,3,8-9,14-17H2,(H,24,27);1,3-4,7-8H,2,5-6,9-11,14H2;3-7,11H,2,8H2,1H3;1H2;1H4;1H;(H2,1,4,5)(H2,2,3,6). The Morgan fingerprint density at radius 1 is 0.750 bits per heavy atom. The summed E-state index contributed by atoms with van der Waals surface area (Å²) in [7, 11) is 0. The lowest BCUT2D eigenvalue weighted by Gasteiger charge is -2.40. The van der Waals surface area contributed by atoms with Crippen LogP contribution in [0.5, 0.6) is 0 Å². The van der Waals surface area contributed by atoms with Crippen molar-refractivity contribution in [2.45, 2.75) is 114 Å². The summed E-state index contributed by atoms with van der Waals surface area (Å²) in [5.41, 5.74) is 10.8. The lowest BCUT2D eigenvalue weighted by atomic mass is 9.69. The molecule has 2 saturated carbocycles. The lowest BCUT2D eigenvalue weighted by Crippen LogP contribution is -2.45. The molecule has 68 heavy (non-hydrogen) atoms. The predicted octanol–water partition coefficient (Wildman–Crippen LogP) is 10.4. The average Bonchev–Trinajstić information content (AvgIpc) is 3.62. The van der Waals surface area contributed by atoms with Crippen LogP contribution in [0.25, 0.3) is 0 Å². The van der Waals surface area contributed by atoms with Gasteiger partial charge in [-0.2, -0.15) is 4.99 Å². The van der Waals surface area contributed by atoms with E-state index in [1.165, 1.54) is 60.6 Å². The fourth-order valence-corrected chi connectivity index (χ4v) is 8.57. The normalized spacial score (nSPS) is 16.9. The number of aliphatic imine (C=N–C) groups is 1. The number of urea groups is 1. The molecule has 7 N–H and O–H groups in total. The highest BCUT2D eigenvalue weighted by atomic mass is 35.5. The van der Waals surface area contributed by atoms with Crippen molar-refractivity contribution in [3.63, 3.8) is 0 Å². The van der Waals surface area contributed by atoms with E-state index in [1.807, 2.05) is 66.7 Å². The van der Waals surface area contributed by atoms with Gasteiger partial charge in [0, 0.05) is 36.8 Å². The molecular weight excluding hydrogens is 927 g/mol. The monoisotopic (exact) mass is 994 g/mol. The minimum Gasteiger partial charge on any atom is -0.464 e. The summed E-state index contributed by atoms with van der Waals surface area (Å²) < 4.78 is 4.82. The van der Waals surface area contributed by atoms with Crippen LogP contribution in [-0.2, 0) is 42.8 Å². The Kier molecular flexibility index (Phi) is 30.7. The van der Waals surface area contributed by atoms with Gasteiger partial charge in [0.2, 0.25) is 6.08 Å². The van der Waals surface area contributed by atoms with E-state index in [4.69, 9.17) is 33.7 Å². The van der Waals surface area contributed by atoms with Crippen molar-refractivity contribution >= 4 is 59.6 Å². The highest BCUT2D eigenvalue weighted by Gasteiger charge is 2.44. The number of nitrogens with two attached hydrogens (primary N) is 3. The molecule has 3 amide bonds. The molecule has 4 aromatic rings. The van der Waals surface area contributed by atoms with E-state index in [1.54, 1.807) is 6.92 Å². The first-order chi connectivity index (χ1) is 32.2. The average molecular weight is 997 g/mol. The minimum atomic E-state index is -0.792. The molecule has 2 unspecified atom stereocenters. The molecule has 2 aliphatic carbocycles. The fraction of sp³-hybridized carbons (Fsp3) is 0.440. The van der Waals surface area contributed by atoms with Gasteiger partial charge in [-0.05, 0) is 65.3 Å². The van der Waals surface area contributed by atoms with Gasteiger partial charge in [-0.15, -0.1) is 35.6 Å². The Balaban J connectivity index is 0.000000486. The smallest absolute Gasteiger partial charge is 0.332 e. The summed E-state index contributed by atoms with van der Waals surface area (Å²) in [5.74, 6) is 8.34. The number of halogens is 3. The summed E-state index contributed by atoms with van der Waals surface area (Å²) >= 11 is 9.53. The number of nitrogens with one attached hydrogen (secondary N) is 1. The van der Waals surface area contributed by atoms with E-state index in [2.05, 4.69) is 97.5 Å². The van der Waals surface area contributed by atoms with Gasteiger partial charge in [0.1, 0.15) is 6.04 Å². The Bertz CT molecular complexity index is 2080. The lowest BCUT2D eigenvalue weighted by molar-refractivity contribution is -0.144. The molecule has 3 fully saturated rings. The molecule has 2 atom stereocenters. The third-order valence-electron chi connectivity index (χ3n) is 11.8. The number of amides is 3. The third-order valence-corrected chi connectivity index (χ3v) is 11.8. The molecule has 18 heteroatoms. The quantitative estimate of drug-likeness (QED) is 0.0147. The molecule has 1 heterocycles. The van der Waals surface area contributed by atoms with Crippen LogP contribution in [0.3, 0.4) is 0 Å². The second-order valence-corrected chi connectivity index (χ2v) is 16.7. The molecule has 1 aliphatic heterocycles. The van der Waals surface area contributed by atoms with E-state index in [9.17, 15) is 19.2 Å². The van der Waals surface area contributed by atoms with E-state index < -0.39 is 18.1 Å². The van der Waals surface area contributed by atoms with E-state index in [-0.39, 0.29) is 49.1 Å². The highest BCUT2D eigenvalue weighted by Crippen LogP contribution is 2.41. The van der Waals surface area contributed by atoms with Crippen LogP contribution in [0.4, 0.5) is 4.79 Å². The van der Waals surface area contributed by atoms with Crippen molar-refractivity contribution in [2.24, 2.45) is 43.3 Å². The Labute approximate surface area is 418 Å². The molecule has 4 aromatic carbocycles. The first kappa shape index (κ1) is 60.3. The van der Waals surface area contributed by atoms with Crippen LogP contribution in [0.15, 0.2) is 147 Å². The molecule has 0 spiro atoms. The van der Waals surface area contributed by atoms with Gasteiger partial charge < -0.3 is 27.5 Å². The van der Waals surface area contributed by atoms with Gasteiger partial charge in [0.25, 0.3) is 5.91 Å². The number of esters is 1. The van der Waals surface area contributed by atoms with Crippen LogP contribution >= 0.6 is 35.6 Å². The second-order valence-electron chi connectivity index (χ2n) is 15.9. The van der Waals surface area contributed by atoms with Crippen LogP contribution in [0.2, 0.25) is 0 Å². The molecular formula is C50H69Cl3N10O5. The van der Waals surface area contributed by atoms with Crippen LogP contribution in [-0.4, -0.2) is 66.0 Å². The number of ether oxygens (including phenoxy) is 1. The number of rotatable bonds is 13. The number of benzene rings is 4. The molecule has 370 valence electrons. The largest absolute Gasteiger partial charge is 0.464 e. The Hall–Kier alpha value is -5.70. The van der Waals surface area contributed by atoms with Crippen LogP contribution in [0, 0.1) is 0 Å². The van der Waals surface area contributed by atoms with Crippen molar-refractivity contribution in [3.8, 4) is 0 Å². The van der Waals surface area contributed by atoms with E-state index in [0.717, 1.165) is 43.4 Å². The molecule has 0 radical (unpaired) electrons.